The van der Waals surface area contributed by atoms with Gasteiger partial charge in [-0.2, -0.15) is 0 Å². The molecule has 89 heavy (non-hydrogen) atoms. The minimum absolute atomic E-state index is 0.119. The van der Waals surface area contributed by atoms with Crippen LogP contribution in [0.15, 0.2) is 85.1 Å². The van der Waals surface area contributed by atoms with Crippen molar-refractivity contribution in [1.82, 2.24) is 5.32 Å². The Bertz CT molecular complexity index is 1780. The van der Waals surface area contributed by atoms with Crippen molar-refractivity contribution in [2.45, 2.75) is 384 Å². The second-order valence-electron chi connectivity index (χ2n) is 25.7. The van der Waals surface area contributed by atoms with Crippen molar-refractivity contribution < 1.29 is 49.3 Å². The van der Waals surface area contributed by atoms with Crippen molar-refractivity contribution in [2.75, 3.05) is 13.2 Å². The van der Waals surface area contributed by atoms with Crippen molar-refractivity contribution in [2.24, 2.45) is 0 Å². The zero-order valence-electron chi connectivity index (χ0n) is 57.5. The third-order valence-corrected chi connectivity index (χ3v) is 17.3. The van der Waals surface area contributed by atoms with Gasteiger partial charge in [-0.3, -0.25) is 9.59 Å². The van der Waals surface area contributed by atoms with E-state index in [1.807, 2.05) is 6.08 Å². The molecule has 1 aliphatic heterocycles. The van der Waals surface area contributed by atoms with Crippen LogP contribution in [-0.4, -0.2) is 99.6 Å². The number of allylic oxidation sites excluding steroid dienone is 13. The molecular weight excluding hydrogens is 1110 g/mol. The fraction of sp³-hybridized carbons (Fsp3) is 0.795. The lowest BCUT2D eigenvalue weighted by atomic mass is 9.99. The molecule has 0 saturated carbocycles. The molecule has 1 saturated heterocycles. The molecule has 1 aliphatic rings. The summed E-state index contributed by atoms with van der Waals surface area (Å²) in [7, 11) is 0. The number of amides is 1. The molecule has 8 atom stereocenters. The molecule has 0 bridgehead atoms. The summed E-state index contributed by atoms with van der Waals surface area (Å²) in [5.74, 6) is -1.19. The fourth-order valence-corrected chi connectivity index (χ4v) is 11.4. The van der Waals surface area contributed by atoms with E-state index >= 15 is 0 Å². The van der Waals surface area contributed by atoms with Crippen molar-refractivity contribution in [3.63, 3.8) is 0 Å². The molecule has 1 fully saturated rings. The van der Waals surface area contributed by atoms with Crippen LogP contribution in [0.3, 0.4) is 0 Å². The van der Waals surface area contributed by atoms with Gasteiger partial charge in [0.25, 0.3) is 0 Å². The van der Waals surface area contributed by atoms with E-state index < -0.39 is 67.4 Å². The summed E-state index contributed by atoms with van der Waals surface area (Å²) in [4.78, 5) is 26.7. The van der Waals surface area contributed by atoms with E-state index in [1.165, 1.54) is 199 Å². The standard InChI is InChI=1S/C78H139NO10/c1-4-7-10-13-16-19-22-24-26-28-30-32-34-36-38-40-42-44-46-48-51-54-57-60-63-66-73(83)89-76-75(85)74(84)72(67-80)88-78(76)87-68-69(70(81)64-61-58-55-52-49-21-18-15-12-9-6-3)79-77(86)71(82)65-62-59-56-53-50-47-45-43-41-39-37-35-33-31-29-27-25-23-20-17-14-11-8-5-2/h16-17,19-20,24-27,30-33,61,64,69-72,74-76,78,80-82,84-85H,4-15,18,21-23,28-29,34-60,62-63,65-68H2,1-3H3,(H,79,86)/b19-16-,20-17-,26-24-,27-25-,32-30-,33-31-,64-61+. The summed E-state index contributed by atoms with van der Waals surface area (Å²) < 4.78 is 17.7. The lowest BCUT2D eigenvalue weighted by molar-refractivity contribution is -0.305. The molecule has 11 heteroatoms. The molecule has 8 unspecified atom stereocenters. The molecule has 1 heterocycles. The predicted molar refractivity (Wildman–Crippen MR) is 375 cm³/mol. The zero-order valence-corrected chi connectivity index (χ0v) is 57.5. The van der Waals surface area contributed by atoms with Gasteiger partial charge in [0.1, 0.15) is 24.4 Å². The monoisotopic (exact) mass is 1250 g/mol. The van der Waals surface area contributed by atoms with Crippen molar-refractivity contribution in [1.29, 1.82) is 0 Å². The molecule has 1 amide bonds. The summed E-state index contributed by atoms with van der Waals surface area (Å²) in [5.41, 5.74) is 0. The van der Waals surface area contributed by atoms with E-state index in [0.29, 0.717) is 12.8 Å². The van der Waals surface area contributed by atoms with Gasteiger partial charge in [0.15, 0.2) is 12.4 Å². The number of nitrogens with one attached hydrogen (secondary N) is 1. The van der Waals surface area contributed by atoms with Crippen LogP contribution < -0.4 is 5.32 Å². The highest BCUT2D eigenvalue weighted by molar-refractivity contribution is 5.80. The normalized spacial score (nSPS) is 18.6. The zero-order chi connectivity index (χ0) is 64.6. The molecule has 0 aromatic rings. The molecule has 0 aromatic carbocycles. The maximum absolute atomic E-state index is 13.5. The van der Waals surface area contributed by atoms with Gasteiger partial charge in [0.05, 0.1) is 25.4 Å². The number of rotatable bonds is 64. The van der Waals surface area contributed by atoms with Gasteiger partial charge < -0.3 is 45.1 Å². The Morgan fingerprint density at radius 2 is 0.775 bits per heavy atom. The van der Waals surface area contributed by atoms with E-state index in [2.05, 4.69) is 99.0 Å². The fourth-order valence-electron chi connectivity index (χ4n) is 11.4. The molecule has 0 aromatic heterocycles. The first-order chi connectivity index (χ1) is 43.7. The van der Waals surface area contributed by atoms with E-state index in [1.54, 1.807) is 6.08 Å². The number of aliphatic hydroxyl groups is 5. The molecule has 0 aliphatic carbocycles. The number of ether oxygens (including phenoxy) is 3. The van der Waals surface area contributed by atoms with Crippen LogP contribution in [0.4, 0.5) is 0 Å². The van der Waals surface area contributed by atoms with Crippen molar-refractivity contribution in [3.8, 4) is 0 Å². The number of carbonyl (C=O) groups is 2. The summed E-state index contributed by atoms with van der Waals surface area (Å²) in [6.45, 7) is 5.76. The minimum atomic E-state index is -1.62. The smallest absolute Gasteiger partial charge is 0.306 e. The van der Waals surface area contributed by atoms with Crippen molar-refractivity contribution >= 4 is 11.9 Å². The Labute approximate surface area is 546 Å². The van der Waals surface area contributed by atoms with Gasteiger partial charge in [0.2, 0.25) is 5.91 Å². The lowest BCUT2D eigenvalue weighted by Gasteiger charge is -2.41. The first-order valence-electron chi connectivity index (χ1n) is 37.4. The Hall–Kier alpha value is -3.16. The highest BCUT2D eigenvalue weighted by atomic mass is 16.7. The molecular formula is C78H139NO10. The van der Waals surface area contributed by atoms with Gasteiger partial charge in [-0.15, -0.1) is 0 Å². The molecule has 1 rings (SSSR count). The van der Waals surface area contributed by atoms with Crippen LogP contribution in [0.25, 0.3) is 0 Å². The highest BCUT2D eigenvalue weighted by Crippen LogP contribution is 2.26. The largest absolute Gasteiger partial charge is 0.454 e. The number of hydrogen-bond donors (Lipinski definition) is 6. The van der Waals surface area contributed by atoms with E-state index in [9.17, 15) is 35.1 Å². The van der Waals surface area contributed by atoms with Gasteiger partial charge in [0, 0.05) is 6.42 Å². The summed E-state index contributed by atoms with van der Waals surface area (Å²) >= 11 is 0. The highest BCUT2D eigenvalue weighted by Gasteiger charge is 2.47. The van der Waals surface area contributed by atoms with E-state index in [4.69, 9.17) is 14.2 Å². The number of unbranched alkanes of at least 4 members (excludes halogenated alkanes) is 38. The van der Waals surface area contributed by atoms with Crippen LogP contribution in [-0.2, 0) is 23.8 Å². The first-order valence-corrected chi connectivity index (χ1v) is 37.4. The Kier molecular flexibility index (Phi) is 61.2. The number of carbonyl (C=O) groups excluding carboxylic acids is 2. The maximum atomic E-state index is 13.5. The van der Waals surface area contributed by atoms with Crippen molar-refractivity contribution in [3.05, 3.63) is 85.1 Å². The molecule has 516 valence electrons. The Morgan fingerprint density at radius 3 is 1.18 bits per heavy atom. The summed E-state index contributed by atoms with van der Waals surface area (Å²) in [5, 5.41) is 57.3. The second kappa shape index (κ2) is 64.9. The maximum Gasteiger partial charge on any atom is 0.306 e. The topological polar surface area (TPSA) is 175 Å². The third-order valence-electron chi connectivity index (χ3n) is 17.3. The first kappa shape index (κ1) is 83.9. The third kappa shape index (κ3) is 52.0. The summed E-state index contributed by atoms with van der Waals surface area (Å²) in [6, 6.07) is -1.03. The number of esters is 1. The quantitative estimate of drug-likeness (QED) is 0.0195. The van der Waals surface area contributed by atoms with Crippen LogP contribution >= 0.6 is 0 Å². The molecule has 6 N–H and O–H groups in total. The average molecular weight is 1250 g/mol. The van der Waals surface area contributed by atoms with Gasteiger partial charge in [-0.25, -0.2) is 0 Å². The second-order valence-corrected chi connectivity index (χ2v) is 25.7. The van der Waals surface area contributed by atoms with E-state index in [-0.39, 0.29) is 19.4 Å². The van der Waals surface area contributed by atoms with Crippen LogP contribution in [0, 0.1) is 0 Å². The minimum Gasteiger partial charge on any atom is -0.454 e. The lowest BCUT2D eigenvalue weighted by Crippen LogP contribution is -2.61. The Balaban J connectivity index is 2.52. The van der Waals surface area contributed by atoms with E-state index in [0.717, 1.165) is 89.9 Å². The van der Waals surface area contributed by atoms with Crippen LogP contribution in [0.2, 0.25) is 0 Å². The SMILES string of the molecule is CCCCC/C=C\C/C=C\C/C=C\CCCCCCCCCCCCCCC(=O)OC1C(OCC(NC(=O)C(O)CCCCCCCCCCCCC/C=C\C/C=C\C/C=C\CCCCC)C(O)/C=C/CCCCCCCCCCC)OC(CO)C(O)C1O. The number of hydrogen-bond acceptors (Lipinski definition) is 10. The van der Waals surface area contributed by atoms with Gasteiger partial charge >= 0.3 is 5.97 Å². The number of aliphatic hydroxyl groups excluding tert-OH is 5. The van der Waals surface area contributed by atoms with Gasteiger partial charge in [-0.05, 0) is 103 Å². The molecule has 0 radical (unpaired) electrons. The van der Waals surface area contributed by atoms with Crippen LogP contribution in [0.5, 0.6) is 0 Å². The Morgan fingerprint density at radius 1 is 0.438 bits per heavy atom. The average Bonchev–Trinajstić information content (AvgIpc) is 3.71. The van der Waals surface area contributed by atoms with Crippen LogP contribution in [0.1, 0.15) is 335 Å². The molecule has 11 nitrogen and oxygen atoms in total. The molecule has 0 spiro atoms. The summed E-state index contributed by atoms with van der Waals surface area (Å²) in [6.07, 6.45) is 76.2. The predicted octanol–water partition coefficient (Wildman–Crippen LogP) is 19.6. The van der Waals surface area contributed by atoms with Gasteiger partial charge in [-0.1, -0.05) is 311 Å².